The van der Waals surface area contributed by atoms with Crippen LogP contribution in [-0.4, -0.2) is 29.6 Å². The Morgan fingerprint density at radius 3 is 2.50 bits per heavy atom. The van der Waals surface area contributed by atoms with Crippen molar-refractivity contribution in [1.29, 1.82) is 0 Å². The highest BCUT2D eigenvalue weighted by Crippen LogP contribution is 2.22. The van der Waals surface area contributed by atoms with Gasteiger partial charge in [0.05, 0.1) is 11.1 Å². The fourth-order valence-electron chi connectivity index (χ4n) is 2.78. The Hall–Kier alpha value is -2.96. The monoisotopic (exact) mass is 322 g/mol. The first-order valence-electron chi connectivity index (χ1n) is 7.80. The average molecular weight is 322 g/mol. The molecular weight excluding hydrogens is 304 g/mol. The molecule has 0 radical (unpaired) electrons. The molecule has 0 amide bonds. The second-order valence-electron chi connectivity index (χ2n) is 6.96. The summed E-state index contributed by atoms with van der Waals surface area (Å²) in [5.41, 5.74) is 2.17. The minimum absolute atomic E-state index is 0.0599. The van der Waals surface area contributed by atoms with E-state index in [-0.39, 0.29) is 11.0 Å². The number of hydrogen-bond donors (Lipinski definition) is 1. The third-order valence-corrected chi connectivity index (χ3v) is 4.16. The molecule has 0 saturated heterocycles. The lowest BCUT2D eigenvalue weighted by molar-refractivity contribution is 0.559. The number of aryl methyl sites for hydroxylation is 1. The summed E-state index contributed by atoms with van der Waals surface area (Å²) < 4.78 is 3.00. The highest BCUT2D eigenvalue weighted by molar-refractivity contribution is 5.83. The molecule has 0 spiro atoms. The van der Waals surface area contributed by atoms with Gasteiger partial charge in [-0.3, -0.25) is 9.89 Å². The van der Waals surface area contributed by atoms with Crippen LogP contribution in [0.1, 0.15) is 32.2 Å². The van der Waals surface area contributed by atoms with Gasteiger partial charge < -0.3 is 0 Å². The second-order valence-corrected chi connectivity index (χ2v) is 6.96. The van der Waals surface area contributed by atoms with Gasteiger partial charge in [-0.1, -0.05) is 39.0 Å². The number of fused-ring (bicyclic) bond motifs is 2. The summed E-state index contributed by atoms with van der Waals surface area (Å²) in [6.07, 6.45) is 0. The summed E-state index contributed by atoms with van der Waals surface area (Å²) in [5.74, 6) is 0.361. The van der Waals surface area contributed by atoms with Crippen molar-refractivity contribution in [1.82, 2.24) is 29.6 Å². The van der Waals surface area contributed by atoms with Crippen molar-refractivity contribution < 1.29 is 0 Å². The largest absolute Gasteiger partial charge is 0.293 e. The lowest BCUT2D eigenvalue weighted by atomic mass is 9.93. The third-order valence-electron chi connectivity index (χ3n) is 4.16. The van der Waals surface area contributed by atoms with Gasteiger partial charge >= 0.3 is 0 Å². The zero-order valence-corrected chi connectivity index (χ0v) is 14.0. The highest BCUT2D eigenvalue weighted by atomic mass is 16.1. The lowest BCUT2D eigenvalue weighted by Gasteiger charge is -2.15. The van der Waals surface area contributed by atoms with Crippen LogP contribution in [0.3, 0.4) is 0 Å². The quantitative estimate of drug-likeness (QED) is 0.583. The molecule has 3 heterocycles. The summed E-state index contributed by atoms with van der Waals surface area (Å²) in [6, 6.07) is 9.39. The molecule has 0 bridgehead atoms. The normalized spacial score (nSPS) is 12.3. The van der Waals surface area contributed by atoms with E-state index in [9.17, 15) is 4.79 Å². The van der Waals surface area contributed by atoms with E-state index in [1.165, 1.54) is 4.68 Å². The summed E-state index contributed by atoms with van der Waals surface area (Å²) in [5, 5.41) is 17.5. The minimum Gasteiger partial charge on any atom is -0.293 e. The topological polar surface area (TPSA) is 80.9 Å². The maximum atomic E-state index is 12.8. The molecule has 0 atom stereocenters. The maximum Gasteiger partial charge on any atom is 0.282 e. The number of aromatic nitrogens is 6. The molecule has 3 aromatic heterocycles. The average Bonchev–Trinajstić information content (AvgIpc) is 3.11. The van der Waals surface area contributed by atoms with Crippen LogP contribution in [0.15, 0.2) is 35.1 Å². The fraction of sp³-hybridized carbons (Fsp3) is 0.294. The van der Waals surface area contributed by atoms with Crippen molar-refractivity contribution in [3.8, 4) is 5.95 Å². The second kappa shape index (κ2) is 4.77. The Balaban J connectivity index is 2.01. The Morgan fingerprint density at radius 2 is 1.79 bits per heavy atom. The molecular formula is C17H18N6O. The van der Waals surface area contributed by atoms with Gasteiger partial charge in [0.15, 0.2) is 5.65 Å². The molecule has 4 rings (SSSR count). The molecule has 0 saturated carbocycles. The highest BCUT2D eigenvalue weighted by Gasteiger charge is 2.21. The third kappa shape index (κ3) is 2.05. The molecule has 7 heteroatoms. The standard InChI is InChI=1S/C17H18N6O/c1-10-11-7-5-6-8-12(11)15(24)23(20-10)16-19-18-14-9-13(17(2,3)4)21-22(14)16/h5-9,21H,1-4H3. The molecule has 0 fully saturated rings. The number of nitrogens with zero attached hydrogens (tertiary/aromatic N) is 5. The molecule has 4 aromatic rings. The Kier molecular flexibility index (Phi) is 2.90. The first kappa shape index (κ1) is 14.6. The molecule has 0 aliphatic rings. The van der Waals surface area contributed by atoms with E-state index in [0.717, 1.165) is 16.8 Å². The molecule has 0 unspecified atom stereocenters. The molecule has 0 aliphatic carbocycles. The molecule has 1 aromatic carbocycles. The van der Waals surface area contributed by atoms with Gasteiger partial charge in [-0.15, -0.1) is 10.2 Å². The van der Waals surface area contributed by atoms with Gasteiger partial charge in [0.2, 0.25) is 0 Å². The first-order valence-corrected chi connectivity index (χ1v) is 7.80. The molecule has 7 nitrogen and oxygen atoms in total. The summed E-state index contributed by atoms with van der Waals surface area (Å²) in [7, 11) is 0. The van der Waals surface area contributed by atoms with Crippen LogP contribution in [0.25, 0.3) is 22.4 Å². The fourth-order valence-corrected chi connectivity index (χ4v) is 2.78. The van der Waals surface area contributed by atoms with E-state index < -0.39 is 0 Å². The summed E-state index contributed by atoms with van der Waals surface area (Å²) in [4.78, 5) is 12.8. The van der Waals surface area contributed by atoms with E-state index in [1.54, 1.807) is 10.6 Å². The Morgan fingerprint density at radius 1 is 1.08 bits per heavy atom. The van der Waals surface area contributed by atoms with Crippen LogP contribution in [0.2, 0.25) is 0 Å². The number of benzene rings is 1. The zero-order valence-electron chi connectivity index (χ0n) is 14.0. The predicted octanol–water partition coefficient (Wildman–Crippen LogP) is 2.36. The van der Waals surface area contributed by atoms with Crippen molar-refractivity contribution in [3.05, 3.63) is 52.1 Å². The van der Waals surface area contributed by atoms with Crippen LogP contribution in [0, 0.1) is 6.92 Å². The van der Waals surface area contributed by atoms with Crippen LogP contribution < -0.4 is 5.56 Å². The van der Waals surface area contributed by atoms with Crippen molar-refractivity contribution >= 4 is 16.4 Å². The Bertz CT molecular complexity index is 1130. The lowest BCUT2D eigenvalue weighted by Crippen LogP contribution is -2.24. The van der Waals surface area contributed by atoms with Crippen molar-refractivity contribution in [2.45, 2.75) is 33.1 Å². The van der Waals surface area contributed by atoms with E-state index in [1.807, 2.05) is 31.2 Å². The summed E-state index contributed by atoms with van der Waals surface area (Å²) >= 11 is 0. The van der Waals surface area contributed by atoms with Crippen LogP contribution in [0.5, 0.6) is 0 Å². The number of rotatable bonds is 1. The van der Waals surface area contributed by atoms with Gasteiger partial charge in [0.25, 0.3) is 11.5 Å². The van der Waals surface area contributed by atoms with Gasteiger partial charge in [-0.2, -0.15) is 14.3 Å². The predicted molar refractivity (Wildman–Crippen MR) is 91.7 cm³/mol. The van der Waals surface area contributed by atoms with Gasteiger partial charge in [0.1, 0.15) is 0 Å². The van der Waals surface area contributed by atoms with Gasteiger partial charge in [-0.25, -0.2) is 0 Å². The number of hydrogen-bond acceptors (Lipinski definition) is 4. The van der Waals surface area contributed by atoms with E-state index in [2.05, 4.69) is 41.2 Å². The molecule has 122 valence electrons. The van der Waals surface area contributed by atoms with E-state index in [4.69, 9.17) is 0 Å². The van der Waals surface area contributed by atoms with Crippen LogP contribution in [-0.2, 0) is 5.41 Å². The van der Waals surface area contributed by atoms with Crippen molar-refractivity contribution in [2.75, 3.05) is 0 Å². The number of nitrogens with one attached hydrogen (secondary N) is 1. The number of aromatic amines is 1. The first-order chi connectivity index (χ1) is 11.4. The molecule has 0 aliphatic heterocycles. The summed E-state index contributed by atoms with van der Waals surface area (Å²) in [6.45, 7) is 8.20. The van der Waals surface area contributed by atoms with Crippen LogP contribution in [0.4, 0.5) is 0 Å². The van der Waals surface area contributed by atoms with Gasteiger partial charge in [-0.05, 0) is 13.0 Å². The number of H-pyrrole nitrogens is 1. The zero-order chi connectivity index (χ0) is 17.1. The van der Waals surface area contributed by atoms with Crippen LogP contribution >= 0.6 is 0 Å². The van der Waals surface area contributed by atoms with Crippen molar-refractivity contribution in [3.63, 3.8) is 0 Å². The maximum absolute atomic E-state index is 12.8. The minimum atomic E-state index is -0.211. The van der Waals surface area contributed by atoms with Crippen molar-refractivity contribution in [2.24, 2.45) is 0 Å². The molecule has 1 N–H and O–H groups in total. The smallest absolute Gasteiger partial charge is 0.282 e. The van der Waals surface area contributed by atoms with E-state index in [0.29, 0.717) is 17.0 Å². The Labute approximate surface area is 137 Å². The van der Waals surface area contributed by atoms with E-state index >= 15 is 0 Å². The molecule has 24 heavy (non-hydrogen) atoms. The SMILES string of the molecule is Cc1nn(-c2nnc3cc(C(C)(C)C)[nH]n23)c(=O)c2ccccc12. The van der Waals surface area contributed by atoms with Gasteiger partial charge in [0, 0.05) is 22.6 Å².